The maximum atomic E-state index is 13.4. The first kappa shape index (κ1) is 24.1. The third-order valence-corrected chi connectivity index (χ3v) is 6.91. The summed E-state index contributed by atoms with van der Waals surface area (Å²) >= 11 is 0. The molecular weight excluding hydrogens is 440 g/mol. The number of carbonyl (C=O) groups excluding carboxylic acids is 1. The van der Waals surface area contributed by atoms with Crippen LogP contribution in [0.25, 0.3) is 0 Å². The van der Waals surface area contributed by atoms with Gasteiger partial charge in [-0.2, -0.15) is 0 Å². The number of nitrogens with one attached hydrogen (secondary N) is 1. The lowest BCUT2D eigenvalue weighted by molar-refractivity contribution is -0.119. The van der Waals surface area contributed by atoms with Gasteiger partial charge in [0.25, 0.3) is 10.0 Å². The number of benzene rings is 3. The zero-order valence-electron chi connectivity index (χ0n) is 19.2. The highest BCUT2D eigenvalue weighted by Gasteiger charge is 2.27. The van der Waals surface area contributed by atoms with E-state index in [0.29, 0.717) is 17.2 Å². The average Bonchev–Trinajstić information content (AvgIpc) is 2.81. The van der Waals surface area contributed by atoms with Gasteiger partial charge in [0.1, 0.15) is 6.54 Å². The van der Waals surface area contributed by atoms with Crippen molar-refractivity contribution in [1.82, 2.24) is 5.32 Å². The Kier molecular flexibility index (Phi) is 7.60. The molecule has 0 bridgehead atoms. The Balaban J connectivity index is 1.83. The molecule has 0 saturated carbocycles. The van der Waals surface area contributed by atoms with Gasteiger partial charge in [0, 0.05) is 6.54 Å². The summed E-state index contributed by atoms with van der Waals surface area (Å²) in [6.45, 7) is 3.62. The number of nitrogens with zero attached hydrogens (tertiary/aromatic N) is 1. The zero-order valence-corrected chi connectivity index (χ0v) is 20.0. The highest BCUT2D eigenvalue weighted by molar-refractivity contribution is 7.92. The lowest BCUT2D eigenvalue weighted by Gasteiger charge is -2.24. The zero-order chi connectivity index (χ0) is 24.0. The average molecular weight is 469 g/mol. The van der Waals surface area contributed by atoms with Gasteiger partial charge in [-0.25, -0.2) is 8.42 Å². The second-order valence-corrected chi connectivity index (χ2v) is 9.49. The minimum absolute atomic E-state index is 0.127. The molecule has 0 aromatic heterocycles. The number of carbonyl (C=O) groups is 1. The van der Waals surface area contributed by atoms with Crippen molar-refractivity contribution in [2.75, 3.05) is 25.1 Å². The van der Waals surface area contributed by atoms with Gasteiger partial charge in [0.15, 0.2) is 11.5 Å². The van der Waals surface area contributed by atoms with Crippen molar-refractivity contribution in [2.24, 2.45) is 0 Å². The summed E-state index contributed by atoms with van der Waals surface area (Å²) in [5, 5.41) is 2.79. The van der Waals surface area contributed by atoms with Gasteiger partial charge in [0.05, 0.1) is 24.8 Å². The van der Waals surface area contributed by atoms with E-state index in [0.717, 1.165) is 21.0 Å². The Bertz CT molecular complexity index is 1220. The van der Waals surface area contributed by atoms with E-state index in [-0.39, 0.29) is 18.0 Å². The maximum Gasteiger partial charge on any atom is 0.264 e. The summed E-state index contributed by atoms with van der Waals surface area (Å²) < 4.78 is 38.5. The number of amides is 1. The second-order valence-electron chi connectivity index (χ2n) is 7.63. The molecule has 1 N–H and O–H groups in total. The van der Waals surface area contributed by atoms with Gasteiger partial charge >= 0.3 is 0 Å². The van der Waals surface area contributed by atoms with Crippen molar-refractivity contribution in [3.05, 3.63) is 83.4 Å². The molecule has 0 unspecified atom stereocenters. The van der Waals surface area contributed by atoms with Crippen molar-refractivity contribution in [3.8, 4) is 11.5 Å². The third kappa shape index (κ3) is 5.84. The second kappa shape index (κ2) is 10.4. The van der Waals surface area contributed by atoms with Gasteiger partial charge in [-0.15, -0.1) is 0 Å². The van der Waals surface area contributed by atoms with E-state index in [1.54, 1.807) is 61.7 Å². The Labute approximate surface area is 195 Å². The minimum atomic E-state index is -3.95. The quantitative estimate of drug-likeness (QED) is 0.516. The number of ether oxygens (including phenoxy) is 2. The fraction of sp³-hybridized carbons (Fsp3) is 0.240. The third-order valence-electron chi connectivity index (χ3n) is 5.12. The lowest BCUT2D eigenvalue weighted by atomic mass is 10.2. The molecule has 174 valence electrons. The van der Waals surface area contributed by atoms with Gasteiger partial charge in [-0.05, 0) is 61.4 Å². The number of hydrogen-bond acceptors (Lipinski definition) is 5. The Morgan fingerprint density at radius 3 is 2.21 bits per heavy atom. The fourth-order valence-electron chi connectivity index (χ4n) is 3.31. The van der Waals surface area contributed by atoms with Gasteiger partial charge in [-0.1, -0.05) is 35.9 Å². The van der Waals surface area contributed by atoms with Crippen LogP contribution in [-0.2, 0) is 21.4 Å². The van der Waals surface area contributed by atoms with Crippen molar-refractivity contribution in [2.45, 2.75) is 25.3 Å². The molecule has 0 saturated heterocycles. The lowest BCUT2D eigenvalue weighted by Crippen LogP contribution is -2.40. The first-order valence-electron chi connectivity index (χ1n) is 10.4. The monoisotopic (exact) mass is 468 g/mol. The van der Waals surface area contributed by atoms with Crippen LogP contribution >= 0.6 is 0 Å². The van der Waals surface area contributed by atoms with E-state index in [9.17, 15) is 13.2 Å². The first-order chi connectivity index (χ1) is 15.7. The topological polar surface area (TPSA) is 84.9 Å². The fourth-order valence-corrected chi connectivity index (χ4v) is 4.73. The number of rotatable bonds is 9. The molecule has 0 aliphatic rings. The van der Waals surface area contributed by atoms with Crippen LogP contribution in [0.3, 0.4) is 0 Å². The number of methoxy groups -OCH3 is 2. The van der Waals surface area contributed by atoms with Gasteiger partial charge < -0.3 is 14.8 Å². The number of aryl methyl sites for hydroxylation is 2. The maximum absolute atomic E-state index is 13.4. The first-order valence-corrected chi connectivity index (χ1v) is 11.8. The molecule has 0 heterocycles. The van der Waals surface area contributed by atoms with Crippen LogP contribution in [0.2, 0.25) is 0 Å². The molecule has 0 radical (unpaired) electrons. The molecule has 1 amide bonds. The van der Waals surface area contributed by atoms with Crippen molar-refractivity contribution in [1.29, 1.82) is 0 Å². The summed E-state index contributed by atoms with van der Waals surface area (Å²) in [6, 6.07) is 19.0. The summed E-state index contributed by atoms with van der Waals surface area (Å²) in [6.07, 6.45) is 0. The predicted molar refractivity (Wildman–Crippen MR) is 128 cm³/mol. The molecule has 0 atom stereocenters. The van der Waals surface area contributed by atoms with Crippen LogP contribution in [0.5, 0.6) is 11.5 Å². The SMILES string of the molecule is COc1ccc(CNC(=O)CN(c2cccc(C)c2)S(=O)(=O)c2ccc(C)cc2)cc1OC. The van der Waals surface area contributed by atoms with Crippen LogP contribution in [0.15, 0.2) is 71.6 Å². The van der Waals surface area contributed by atoms with Crippen molar-refractivity contribution < 1.29 is 22.7 Å². The van der Waals surface area contributed by atoms with E-state index in [4.69, 9.17) is 9.47 Å². The molecule has 0 aliphatic carbocycles. The van der Waals surface area contributed by atoms with Crippen LogP contribution in [0.4, 0.5) is 5.69 Å². The number of anilines is 1. The molecule has 8 heteroatoms. The summed E-state index contributed by atoms with van der Waals surface area (Å²) in [5.41, 5.74) is 3.06. The van der Waals surface area contributed by atoms with Gasteiger partial charge in [0.2, 0.25) is 5.91 Å². The molecule has 0 spiro atoms. The predicted octanol–water partition coefficient (Wildman–Crippen LogP) is 3.83. The molecular formula is C25H28N2O5S. The Hall–Kier alpha value is -3.52. The smallest absolute Gasteiger partial charge is 0.264 e. The molecule has 3 rings (SSSR count). The van der Waals surface area contributed by atoms with E-state index in [2.05, 4.69) is 5.32 Å². The molecule has 3 aromatic rings. The molecule has 7 nitrogen and oxygen atoms in total. The molecule has 0 aliphatic heterocycles. The summed E-state index contributed by atoms with van der Waals surface area (Å²) in [7, 11) is -0.863. The van der Waals surface area contributed by atoms with Crippen molar-refractivity contribution in [3.63, 3.8) is 0 Å². The highest BCUT2D eigenvalue weighted by atomic mass is 32.2. The molecule has 0 fully saturated rings. The van der Waals surface area contributed by atoms with E-state index >= 15 is 0 Å². The van der Waals surface area contributed by atoms with Gasteiger partial charge in [-0.3, -0.25) is 9.10 Å². The highest BCUT2D eigenvalue weighted by Crippen LogP contribution is 2.28. The van der Waals surface area contributed by atoms with Crippen LogP contribution in [-0.4, -0.2) is 35.1 Å². The summed E-state index contributed by atoms with van der Waals surface area (Å²) in [5.74, 6) is 0.706. The number of sulfonamides is 1. The van der Waals surface area contributed by atoms with E-state index in [1.165, 1.54) is 7.11 Å². The standard InChI is InChI=1S/C25H28N2O5S/c1-18-8-11-22(12-9-18)33(29,30)27(21-7-5-6-19(2)14-21)17-25(28)26-16-20-10-13-23(31-3)24(15-20)32-4/h5-15H,16-17H2,1-4H3,(H,26,28). The normalized spacial score (nSPS) is 11.0. The number of hydrogen-bond donors (Lipinski definition) is 1. The largest absolute Gasteiger partial charge is 0.493 e. The Morgan fingerprint density at radius 2 is 1.58 bits per heavy atom. The van der Waals surface area contributed by atoms with Crippen LogP contribution in [0, 0.1) is 13.8 Å². The van der Waals surface area contributed by atoms with E-state index in [1.807, 2.05) is 26.0 Å². The minimum Gasteiger partial charge on any atom is -0.493 e. The van der Waals surface area contributed by atoms with Crippen LogP contribution < -0.4 is 19.1 Å². The van der Waals surface area contributed by atoms with Crippen molar-refractivity contribution >= 4 is 21.6 Å². The summed E-state index contributed by atoms with van der Waals surface area (Å²) in [4.78, 5) is 12.9. The molecule has 33 heavy (non-hydrogen) atoms. The Morgan fingerprint density at radius 1 is 0.879 bits per heavy atom. The molecule has 3 aromatic carbocycles. The van der Waals surface area contributed by atoms with E-state index < -0.39 is 15.9 Å². The van der Waals surface area contributed by atoms with Crippen LogP contribution in [0.1, 0.15) is 16.7 Å².